The summed E-state index contributed by atoms with van der Waals surface area (Å²) in [5.41, 5.74) is 0.406. The van der Waals surface area contributed by atoms with Crippen LogP contribution in [0.2, 0.25) is 0 Å². The molecule has 0 radical (unpaired) electrons. The largest absolute Gasteiger partial charge is 0.355 e. The summed E-state index contributed by atoms with van der Waals surface area (Å²) in [7, 11) is 0. The Balaban J connectivity index is 2.31. The Hall–Kier alpha value is -1.43. The first-order valence-electron chi connectivity index (χ1n) is 6.00. The van der Waals surface area contributed by atoms with Gasteiger partial charge in [0.05, 0.1) is 4.83 Å². The van der Waals surface area contributed by atoms with Gasteiger partial charge in [-0.2, -0.15) is 0 Å². The number of hydrogen-bond donors (Lipinski definition) is 2. The Morgan fingerprint density at radius 3 is 2.79 bits per heavy atom. The molecule has 0 aliphatic heterocycles. The van der Waals surface area contributed by atoms with Crippen molar-refractivity contribution in [1.82, 2.24) is 5.32 Å². The van der Waals surface area contributed by atoms with E-state index in [2.05, 4.69) is 26.6 Å². The quantitative estimate of drug-likeness (QED) is 0.787. The van der Waals surface area contributed by atoms with E-state index in [1.807, 2.05) is 6.92 Å². The van der Waals surface area contributed by atoms with E-state index < -0.39 is 5.82 Å². The van der Waals surface area contributed by atoms with Crippen LogP contribution < -0.4 is 10.6 Å². The van der Waals surface area contributed by atoms with Crippen LogP contribution in [0.1, 0.15) is 19.8 Å². The van der Waals surface area contributed by atoms with Gasteiger partial charge < -0.3 is 10.6 Å². The van der Waals surface area contributed by atoms with E-state index in [1.54, 1.807) is 6.07 Å². The normalized spacial score (nSPS) is 11.7. The highest BCUT2D eigenvalue weighted by atomic mass is 79.9. The monoisotopic (exact) mass is 330 g/mol. The van der Waals surface area contributed by atoms with E-state index in [-0.39, 0.29) is 29.6 Å². The maximum atomic E-state index is 12.9. The first kappa shape index (κ1) is 15.6. The zero-order chi connectivity index (χ0) is 14.3. The number of rotatable bonds is 6. The van der Waals surface area contributed by atoms with Crippen molar-refractivity contribution in [3.63, 3.8) is 0 Å². The van der Waals surface area contributed by atoms with Crippen LogP contribution in [0.25, 0.3) is 0 Å². The lowest BCUT2D eigenvalue weighted by Crippen LogP contribution is -2.33. The van der Waals surface area contributed by atoms with Gasteiger partial charge in [0.2, 0.25) is 11.8 Å². The predicted octanol–water partition coefficient (Wildman–Crippen LogP) is 2.44. The van der Waals surface area contributed by atoms with Crippen molar-refractivity contribution >= 4 is 33.4 Å². The number of amides is 2. The standard InChI is InChI=1S/C13H16BrFN2O2/c1-2-11(14)13(19)16-7-6-12(18)17-10-5-3-4-9(15)8-10/h3-5,8,11H,2,6-7H2,1H3,(H,16,19)(H,17,18). The van der Waals surface area contributed by atoms with Crippen LogP contribution in [-0.2, 0) is 9.59 Å². The second-order valence-electron chi connectivity index (χ2n) is 3.98. The predicted molar refractivity (Wildman–Crippen MR) is 75.7 cm³/mol. The number of hydrogen-bond acceptors (Lipinski definition) is 2. The molecule has 0 saturated heterocycles. The summed E-state index contributed by atoms with van der Waals surface area (Å²) in [6.07, 6.45) is 0.826. The van der Waals surface area contributed by atoms with Gasteiger partial charge in [-0.25, -0.2) is 4.39 Å². The maximum absolute atomic E-state index is 12.9. The van der Waals surface area contributed by atoms with Crippen molar-refractivity contribution in [1.29, 1.82) is 0 Å². The molecule has 0 aromatic heterocycles. The number of anilines is 1. The molecule has 4 nitrogen and oxygen atoms in total. The molecule has 0 fully saturated rings. The van der Waals surface area contributed by atoms with Crippen molar-refractivity contribution in [2.75, 3.05) is 11.9 Å². The maximum Gasteiger partial charge on any atom is 0.233 e. The van der Waals surface area contributed by atoms with E-state index in [1.165, 1.54) is 18.2 Å². The van der Waals surface area contributed by atoms with Crippen molar-refractivity contribution < 1.29 is 14.0 Å². The van der Waals surface area contributed by atoms with Crippen LogP contribution in [-0.4, -0.2) is 23.2 Å². The molecule has 19 heavy (non-hydrogen) atoms. The summed E-state index contributed by atoms with van der Waals surface area (Å²) in [6.45, 7) is 2.14. The molecule has 0 spiro atoms. The zero-order valence-electron chi connectivity index (χ0n) is 10.6. The Bertz CT molecular complexity index is 454. The SMILES string of the molecule is CCC(Br)C(=O)NCCC(=O)Nc1cccc(F)c1. The van der Waals surface area contributed by atoms with E-state index in [9.17, 15) is 14.0 Å². The summed E-state index contributed by atoms with van der Waals surface area (Å²) in [5, 5.41) is 5.20. The fourth-order valence-electron chi connectivity index (χ4n) is 1.39. The Labute approximate surface area is 119 Å². The molecule has 1 atom stereocenters. The topological polar surface area (TPSA) is 58.2 Å². The van der Waals surface area contributed by atoms with Gasteiger partial charge in [0.25, 0.3) is 0 Å². The molecule has 1 aromatic carbocycles. The van der Waals surface area contributed by atoms with Crippen LogP contribution in [0, 0.1) is 5.82 Å². The molecule has 1 unspecified atom stereocenters. The minimum absolute atomic E-state index is 0.138. The third-order valence-corrected chi connectivity index (χ3v) is 3.47. The number of benzene rings is 1. The van der Waals surface area contributed by atoms with E-state index in [0.717, 1.165) is 0 Å². The van der Waals surface area contributed by atoms with Gasteiger partial charge in [-0.3, -0.25) is 9.59 Å². The number of carbonyl (C=O) groups excluding carboxylic acids is 2. The molecule has 2 N–H and O–H groups in total. The molecule has 0 saturated carbocycles. The highest BCUT2D eigenvalue weighted by Crippen LogP contribution is 2.09. The third-order valence-electron chi connectivity index (χ3n) is 2.40. The molecule has 104 valence electrons. The average Bonchev–Trinajstić information content (AvgIpc) is 2.37. The first-order chi connectivity index (χ1) is 9.02. The van der Waals surface area contributed by atoms with Crippen molar-refractivity contribution in [2.45, 2.75) is 24.6 Å². The Morgan fingerprint density at radius 1 is 1.42 bits per heavy atom. The van der Waals surface area contributed by atoms with Gasteiger partial charge >= 0.3 is 0 Å². The van der Waals surface area contributed by atoms with Crippen LogP contribution in [0.3, 0.4) is 0 Å². The molecular formula is C13H16BrFN2O2. The molecule has 1 aromatic rings. The zero-order valence-corrected chi connectivity index (χ0v) is 12.2. The van der Waals surface area contributed by atoms with Crippen LogP contribution in [0.15, 0.2) is 24.3 Å². The smallest absolute Gasteiger partial charge is 0.233 e. The molecule has 0 aliphatic carbocycles. The summed E-state index contributed by atoms with van der Waals surface area (Å²) in [4.78, 5) is 22.7. The fourth-order valence-corrected chi connectivity index (χ4v) is 1.55. The van der Waals surface area contributed by atoms with Crippen molar-refractivity contribution in [3.8, 4) is 0 Å². The molecule has 6 heteroatoms. The van der Waals surface area contributed by atoms with Gasteiger partial charge in [-0.1, -0.05) is 28.9 Å². The van der Waals surface area contributed by atoms with E-state index >= 15 is 0 Å². The summed E-state index contributed by atoms with van der Waals surface area (Å²) in [5.74, 6) is -0.814. The van der Waals surface area contributed by atoms with Crippen LogP contribution in [0.4, 0.5) is 10.1 Å². The number of alkyl halides is 1. The van der Waals surface area contributed by atoms with Gasteiger partial charge in [-0.15, -0.1) is 0 Å². The van der Waals surface area contributed by atoms with Gasteiger partial charge in [0.15, 0.2) is 0 Å². The molecule has 0 heterocycles. The number of nitrogens with one attached hydrogen (secondary N) is 2. The summed E-state index contributed by atoms with van der Waals surface area (Å²) >= 11 is 3.22. The molecule has 0 aliphatic rings. The minimum Gasteiger partial charge on any atom is -0.355 e. The van der Waals surface area contributed by atoms with Crippen molar-refractivity contribution in [3.05, 3.63) is 30.1 Å². The van der Waals surface area contributed by atoms with Crippen molar-refractivity contribution in [2.24, 2.45) is 0 Å². The lowest BCUT2D eigenvalue weighted by molar-refractivity contribution is -0.120. The molecular weight excluding hydrogens is 315 g/mol. The van der Waals surface area contributed by atoms with E-state index in [4.69, 9.17) is 0 Å². The average molecular weight is 331 g/mol. The molecule has 1 rings (SSSR count). The van der Waals surface area contributed by atoms with Crippen LogP contribution in [0.5, 0.6) is 0 Å². The van der Waals surface area contributed by atoms with Gasteiger partial charge in [0.1, 0.15) is 5.82 Å². The highest BCUT2D eigenvalue weighted by molar-refractivity contribution is 9.10. The van der Waals surface area contributed by atoms with E-state index in [0.29, 0.717) is 12.1 Å². The molecule has 2 amide bonds. The van der Waals surface area contributed by atoms with Gasteiger partial charge in [0, 0.05) is 18.7 Å². The minimum atomic E-state index is -0.406. The fraction of sp³-hybridized carbons (Fsp3) is 0.385. The highest BCUT2D eigenvalue weighted by Gasteiger charge is 2.12. The third kappa shape index (κ3) is 5.83. The summed E-state index contributed by atoms with van der Waals surface area (Å²) in [6, 6.07) is 5.66. The van der Waals surface area contributed by atoms with Crippen LogP contribution >= 0.6 is 15.9 Å². The number of carbonyl (C=O) groups is 2. The first-order valence-corrected chi connectivity index (χ1v) is 6.91. The van der Waals surface area contributed by atoms with Gasteiger partial charge in [-0.05, 0) is 24.6 Å². The second-order valence-corrected chi connectivity index (χ2v) is 5.08. The Morgan fingerprint density at radius 2 is 2.16 bits per heavy atom. The number of halogens is 2. The molecule has 0 bridgehead atoms. The second kappa shape index (κ2) is 7.89. The lowest BCUT2D eigenvalue weighted by atomic mass is 10.3. The lowest BCUT2D eigenvalue weighted by Gasteiger charge is -2.09. The summed E-state index contributed by atoms with van der Waals surface area (Å²) < 4.78 is 12.9. The Kier molecular flexibility index (Phi) is 6.49.